The highest BCUT2D eigenvalue weighted by Crippen LogP contribution is 2.15. The molecule has 0 fully saturated rings. The molecule has 0 spiro atoms. The Kier molecular flexibility index (Phi) is 4.95. The maximum atomic E-state index is 12.4. The molecule has 0 amide bonds. The number of nitrogens with one attached hydrogen (secondary N) is 1. The third kappa shape index (κ3) is 3.23. The smallest absolute Gasteiger partial charge is 0.291 e. The molecule has 0 saturated heterocycles. The molecule has 0 radical (unpaired) electrons. The van der Waals surface area contributed by atoms with Crippen LogP contribution in [0.3, 0.4) is 0 Å². The van der Waals surface area contributed by atoms with Gasteiger partial charge in [-0.1, -0.05) is 5.92 Å². The first kappa shape index (κ1) is 17.4. The van der Waals surface area contributed by atoms with Crippen molar-refractivity contribution in [3.05, 3.63) is 33.0 Å². The maximum Gasteiger partial charge on any atom is 0.332 e. The Labute approximate surface area is 141 Å². The van der Waals surface area contributed by atoms with Crippen molar-refractivity contribution in [2.75, 3.05) is 5.43 Å². The van der Waals surface area contributed by atoms with E-state index in [9.17, 15) is 14.4 Å². The Bertz CT molecular complexity index is 1100. The average molecular weight is 339 g/mol. The van der Waals surface area contributed by atoms with Crippen LogP contribution in [0.5, 0.6) is 0 Å². The number of terminal acetylenes is 1. The lowest BCUT2D eigenvalue weighted by atomic mass is 10.4. The summed E-state index contributed by atoms with van der Waals surface area (Å²) in [6.07, 6.45) is 8.32. The van der Waals surface area contributed by atoms with Crippen LogP contribution in [0.2, 0.25) is 0 Å². The van der Waals surface area contributed by atoms with Gasteiger partial charge in [-0.15, -0.1) is 6.42 Å². The molecule has 2 aromatic rings. The summed E-state index contributed by atoms with van der Waals surface area (Å²) in [6.45, 7) is 0.00405. The summed E-state index contributed by atoms with van der Waals surface area (Å²) < 4.78 is 3.53. The van der Waals surface area contributed by atoms with Crippen molar-refractivity contribution >= 4 is 29.1 Å². The Balaban J connectivity index is 2.55. The Morgan fingerprint density at radius 2 is 2.12 bits per heavy atom. The van der Waals surface area contributed by atoms with E-state index in [0.29, 0.717) is 0 Å². The number of allylic oxidation sites excluding steroid dienone is 2. The van der Waals surface area contributed by atoms with E-state index in [1.165, 1.54) is 23.2 Å². The fourth-order valence-electron chi connectivity index (χ4n) is 2.09. The second kappa shape index (κ2) is 7.10. The number of imidazole rings is 1. The first-order valence-corrected chi connectivity index (χ1v) is 6.91. The first-order valence-electron chi connectivity index (χ1n) is 6.91. The monoisotopic (exact) mass is 339 g/mol. The van der Waals surface area contributed by atoms with Crippen molar-refractivity contribution in [3.8, 4) is 18.4 Å². The molecule has 1 N–H and O–H groups in total. The number of carbonyl (C=O) groups excluding carboxylic acids is 1. The van der Waals surface area contributed by atoms with Gasteiger partial charge in [-0.05, 0) is 6.08 Å². The standard InChI is InChI=1S/C15H13N7O3/c1-4-8-22-11-12(20(2)15(25)21(3)13(11)24)18-14(22)19-17-9-10(23)6-5-7-16/h1,5-6,9H,8H2,2-3H3,(H,18,19)/b6-5+,17-9+. The molecule has 0 bridgehead atoms. The third-order valence-corrected chi connectivity index (χ3v) is 3.28. The number of aryl methyl sites for hydroxylation is 1. The third-order valence-electron chi connectivity index (χ3n) is 3.28. The van der Waals surface area contributed by atoms with E-state index in [4.69, 9.17) is 11.7 Å². The van der Waals surface area contributed by atoms with Crippen LogP contribution in [0, 0.1) is 23.7 Å². The van der Waals surface area contributed by atoms with Crippen molar-refractivity contribution in [2.45, 2.75) is 6.54 Å². The molecular formula is C15H13N7O3. The van der Waals surface area contributed by atoms with Gasteiger partial charge in [0.1, 0.15) is 0 Å². The Morgan fingerprint density at radius 3 is 2.76 bits per heavy atom. The van der Waals surface area contributed by atoms with Gasteiger partial charge in [0.05, 0.1) is 18.8 Å². The zero-order valence-electron chi connectivity index (χ0n) is 13.4. The van der Waals surface area contributed by atoms with Gasteiger partial charge < -0.3 is 0 Å². The largest absolute Gasteiger partial charge is 0.332 e. The van der Waals surface area contributed by atoms with Gasteiger partial charge in [0, 0.05) is 20.2 Å². The first-order chi connectivity index (χ1) is 11.9. The van der Waals surface area contributed by atoms with E-state index in [1.54, 1.807) is 6.07 Å². The van der Waals surface area contributed by atoms with Crippen LogP contribution in [0.4, 0.5) is 5.95 Å². The van der Waals surface area contributed by atoms with Crippen LogP contribution in [0.25, 0.3) is 11.2 Å². The van der Waals surface area contributed by atoms with Crippen LogP contribution < -0.4 is 16.7 Å². The molecule has 2 aromatic heterocycles. The van der Waals surface area contributed by atoms with E-state index in [1.807, 2.05) is 0 Å². The number of hydrogen-bond acceptors (Lipinski definition) is 7. The van der Waals surface area contributed by atoms with Gasteiger partial charge in [-0.2, -0.15) is 15.3 Å². The summed E-state index contributed by atoms with van der Waals surface area (Å²) in [5.74, 6) is 1.97. The molecule has 2 heterocycles. The van der Waals surface area contributed by atoms with Gasteiger partial charge in [-0.3, -0.25) is 23.3 Å². The molecule has 10 nitrogen and oxygen atoms in total. The lowest BCUT2D eigenvalue weighted by Crippen LogP contribution is -2.37. The van der Waals surface area contributed by atoms with Crippen LogP contribution >= 0.6 is 0 Å². The summed E-state index contributed by atoms with van der Waals surface area (Å²) >= 11 is 0. The topological polar surface area (TPSA) is 127 Å². The van der Waals surface area contributed by atoms with Gasteiger partial charge in [0.2, 0.25) is 5.95 Å². The Morgan fingerprint density at radius 1 is 1.40 bits per heavy atom. The summed E-state index contributed by atoms with van der Waals surface area (Å²) in [5.41, 5.74) is 1.70. The molecule has 10 heteroatoms. The summed E-state index contributed by atoms with van der Waals surface area (Å²) in [4.78, 5) is 39.9. The minimum absolute atomic E-state index is 0.00405. The quantitative estimate of drug-likeness (QED) is 0.248. The second-order valence-corrected chi connectivity index (χ2v) is 4.84. The van der Waals surface area contributed by atoms with E-state index in [2.05, 4.69) is 21.4 Å². The molecule has 0 unspecified atom stereocenters. The summed E-state index contributed by atoms with van der Waals surface area (Å²) in [7, 11) is 2.82. The van der Waals surface area contributed by atoms with E-state index in [-0.39, 0.29) is 23.7 Å². The van der Waals surface area contributed by atoms with Crippen molar-refractivity contribution in [2.24, 2.45) is 19.2 Å². The van der Waals surface area contributed by atoms with Gasteiger partial charge in [0.25, 0.3) is 5.56 Å². The fourth-order valence-corrected chi connectivity index (χ4v) is 2.09. The summed E-state index contributed by atoms with van der Waals surface area (Å²) in [5, 5.41) is 12.1. The molecule has 0 atom stereocenters. The Hall–Kier alpha value is -3.92. The SMILES string of the molecule is C#CCn1c(N/N=C/C(=O)/C=C/C#N)nc2c1c(=O)n(C)c(=O)n2C. The maximum absolute atomic E-state index is 12.4. The predicted octanol–water partition coefficient (Wildman–Crippen LogP) is -0.887. The summed E-state index contributed by atoms with van der Waals surface area (Å²) in [6, 6.07) is 1.68. The molecule has 126 valence electrons. The normalized spacial score (nSPS) is 11.0. The highest BCUT2D eigenvalue weighted by atomic mass is 16.2. The molecule has 0 aromatic carbocycles. The van der Waals surface area contributed by atoms with Gasteiger partial charge >= 0.3 is 5.69 Å². The lowest BCUT2D eigenvalue weighted by Gasteiger charge is -2.05. The lowest BCUT2D eigenvalue weighted by molar-refractivity contribution is -0.108. The highest BCUT2D eigenvalue weighted by Gasteiger charge is 2.18. The van der Waals surface area contributed by atoms with Crippen molar-refractivity contribution in [1.29, 1.82) is 5.26 Å². The predicted molar refractivity (Wildman–Crippen MR) is 90.9 cm³/mol. The fraction of sp³-hybridized carbons (Fsp3) is 0.200. The van der Waals surface area contributed by atoms with Gasteiger partial charge in [-0.25, -0.2) is 10.2 Å². The second-order valence-electron chi connectivity index (χ2n) is 4.84. The van der Waals surface area contributed by atoms with E-state index < -0.39 is 17.0 Å². The number of ketones is 1. The minimum Gasteiger partial charge on any atom is -0.291 e. The molecule has 0 aliphatic rings. The van der Waals surface area contributed by atoms with E-state index >= 15 is 0 Å². The number of carbonyl (C=O) groups is 1. The van der Waals surface area contributed by atoms with Crippen LogP contribution in [-0.2, 0) is 25.4 Å². The van der Waals surface area contributed by atoms with E-state index in [0.717, 1.165) is 22.9 Å². The molecule has 0 saturated carbocycles. The van der Waals surface area contributed by atoms with Crippen molar-refractivity contribution in [1.82, 2.24) is 18.7 Å². The van der Waals surface area contributed by atoms with Crippen LogP contribution in [0.1, 0.15) is 0 Å². The molecule has 0 aliphatic carbocycles. The number of hydrogen-bond donors (Lipinski definition) is 1. The number of fused-ring (bicyclic) bond motifs is 1. The number of rotatable bonds is 5. The number of hydrazone groups is 1. The van der Waals surface area contributed by atoms with Crippen LogP contribution in [-0.4, -0.2) is 30.7 Å². The minimum atomic E-state index is -0.550. The van der Waals surface area contributed by atoms with Crippen molar-refractivity contribution < 1.29 is 4.79 Å². The average Bonchev–Trinajstić information content (AvgIpc) is 2.95. The van der Waals surface area contributed by atoms with Crippen LogP contribution in [0.15, 0.2) is 26.8 Å². The highest BCUT2D eigenvalue weighted by molar-refractivity contribution is 6.32. The van der Waals surface area contributed by atoms with Crippen molar-refractivity contribution in [3.63, 3.8) is 0 Å². The molecular weight excluding hydrogens is 326 g/mol. The molecule has 2 rings (SSSR count). The number of anilines is 1. The zero-order valence-corrected chi connectivity index (χ0v) is 13.4. The number of aromatic nitrogens is 4. The number of nitrogens with zero attached hydrogens (tertiary/aromatic N) is 6. The molecule has 0 aliphatic heterocycles. The zero-order chi connectivity index (χ0) is 18.6. The molecule has 25 heavy (non-hydrogen) atoms. The van der Waals surface area contributed by atoms with Gasteiger partial charge in [0.15, 0.2) is 16.9 Å². The number of nitriles is 1.